The summed E-state index contributed by atoms with van der Waals surface area (Å²) in [6.45, 7) is 1.46. The van der Waals surface area contributed by atoms with Crippen molar-refractivity contribution >= 4 is 21.9 Å². The van der Waals surface area contributed by atoms with Crippen molar-refractivity contribution in [2.75, 3.05) is 0 Å². The van der Waals surface area contributed by atoms with Gasteiger partial charge in [-0.3, -0.25) is 4.79 Å². The van der Waals surface area contributed by atoms with E-state index in [0.717, 1.165) is 6.07 Å². The summed E-state index contributed by atoms with van der Waals surface area (Å²) in [5, 5.41) is 8.48. The van der Waals surface area contributed by atoms with Gasteiger partial charge in [-0.25, -0.2) is 4.39 Å². The van der Waals surface area contributed by atoms with Gasteiger partial charge in [-0.1, -0.05) is 15.9 Å². The highest BCUT2D eigenvalue weighted by atomic mass is 79.9. The van der Waals surface area contributed by atoms with Crippen LogP contribution in [-0.2, 0) is 4.79 Å². The molecule has 1 atom stereocenters. The molecule has 0 aliphatic heterocycles. The predicted octanol–water partition coefficient (Wildman–Crippen LogP) is 2.97. The largest absolute Gasteiger partial charge is 0.487 e. The number of carboxylic acid groups (broad SMARTS) is 1. The van der Waals surface area contributed by atoms with Crippen molar-refractivity contribution in [1.82, 2.24) is 0 Å². The second-order valence-corrected chi connectivity index (χ2v) is 4.14. The molecule has 1 rings (SSSR count). The fourth-order valence-corrected chi connectivity index (χ4v) is 1.53. The molecule has 0 aliphatic carbocycles. The molecule has 0 bridgehead atoms. The molecule has 1 N–H and O–H groups in total. The number of hydrogen-bond acceptors (Lipinski definition) is 2. The Morgan fingerprint density at radius 1 is 1.56 bits per heavy atom. The number of halogens is 3. The van der Waals surface area contributed by atoms with Crippen LogP contribution in [0.5, 0.6) is 5.75 Å². The average Bonchev–Trinajstić information content (AvgIpc) is 2.11. The van der Waals surface area contributed by atoms with Crippen LogP contribution in [0.3, 0.4) is 0 Å². The maximum atomic E-state index is 13.2. The monoisotopic (exact) mass is 294 g/mol. The summed E-state index contributed by atoms with van der Waals surface area (Å²) in [5.74, 6) is -3.55. The molecule has 0 aliphatic rings. The van der Waals surface area contributed by atoms with Gasteiger partial charge in [-0.15, -0.1) is 0 Å². The Kier molecular flexibility index (Phi) is 4.23. The molecule has 1 aromatic carbocycles. The summed E-state index contributed by atoms with van der Waals surface area (Å²) < 4.78 is 31.5. The second kappa shape index (κ2) is 5.25. The minimum atomic E-state index is -1.12. The van der Waals surface area contributed by atoms with Gasteiger partial charge in [0.05, 0.1) is 6.42 Å². The average molecular weight is 295 g/mol. The number of carbonyl (C=O) groups is 1. The molecule has 16 heavy (non-hydrogen) atoms. The van der Waals surface area contributed by atoms with Gasteiger partial charge in [-0.05, 0) is 19.1 Å². The van der Waals surface area contributed by atoms with E-state index in [9.17, 15) is 13.6 Å². The summed E-state index contributed by atoms with van der Waals surface area (Å²) in [7, 11) is 0. The van der Waals surface area contributed by atoms with Gasteiger partial charge in [0.1, 0.15) is 6.10 Å². The number of hydrogen-bond donors (Lipinski definition) is 1. The lowest BCUT2D eigenvalue weighted by Gasteiger charge is -2.13. The third-order valence-electron chi connectivity index (χ3n) is 1.75. The first-order valence-electron chi connectivity index (χ1n) is 4.43. The van der Waals surface area contributed by atoms with E-state index in [1.54, 1.807) is 0 Å². The van der Waals surface area contributed by atoms with Crippen molar-refractivity contribution in [2.45, 2.75) is 19.4 Å². The Morgan fingerprint density at radius 2 is 2.19 bits per heavy atom. The van der Waals surface area contributed by atoms with Crippen molar-refractivity contribution < 1.29 is 23.4 Å². The molecule has 3 nitrogen and oxygen atoms in total. The SMILES string of the molecule is C[C@@H](CC(=O)O)Oc1cc(Br)cc(F)c1F. The third kappa shape index (κ3) is 3.44. The lowest BCUT2D eigenvalue weighted by Crippen LogP contribution is -2.17. The van der Waals surface area contributed by atoms with Crippen molar-refractivity contribution in [2.24, 2.45) is 0 Å². The molecular weight excluding hydrogens is 286 g/mol. The first kappa shape index (κ1) is 12.9. The number of rotatable bonds is 4. The lowest BCUT2D eigenvalue weighted by molar-refractivity contribution is -0.138. The van der Waals surface area contributed by atoms with E-state index in [1.807, 2.05) is 0 Å². The first-order chi connectivity index (χ1) is 7.40. The highest BCUT2D eigenvalue weighted by molar-refractivity contribution is 9.10. The van der Waals surface area contributed by atoms with E-state index in [2.05, 4.69) is 15.9 Å². The van der Waals surface area contributed by atoms with Crippen LogP contribution in [0.4, 0.5) is 8.78 Å². The van der Waals surface area contributed by atoms with Crippen LogP contribution in [0.25, 0.3) is 0 Å². The quantitative estimate of drug-likeness (QED) is 0.869. The fraction of sp³-hybridized carbons (Fsp3) is 0.300. The van der Waals surface area contributed by atoms with Crippen LogP contribution in [0.2, 0.25) is 0 Å². The van der Waals surface area contributed by atoms with Crippen molar-refractivity contribution in [3.8, 4) is 5.75 Å². The van der Waals surface area contributed by atoms with Crippen LogP contribution < -0.4 is 4.74 Å². The van der Waals surface area contributed by atoms with Crippen LogP contribution in [0, 0.1) is 11.6 Å². The van der Waals surface area contributed by atoms with Crippen molar-refractivity contribution in [3.63, 3.8) is 0 Å². The molecule has 0 spiro atoms. The minimum absolute atomic E-state index is 0.284. The van der Waals surface area contributed by atoms with E-state index in [-0.39, 0.29) is 12.2 Å². The van der Waals surface area contributed by atoms with Crippen LogP contribution >= 0.6 is 15.9 Å². The summed E-state index contributed by atoms with van der Waals surface area (Å²) >= 11 is 2.98. The number of ether oxygens (including phenoxy) is 1. The van der Waals surface area contributed by atoms with Crippen LogP contribution in [-0.4, -0.2) is 17.2 Å². The predicted molar refractivity (Wildman–Crippen MR) is 56.4 cm³/mol. The number of carboxylic acids is 1. The van der Waals surface area contributed by atoms with Gasteiger partial charge < -0.3 is 9.84 Å². The summed E-state index contributed by atoms with van der Waals surface area (Å²) in [6, 6.07) is 2.21. The van der Waals surface area contributed by atoms with Crippen molar-refractivity contribution in [1.29, 1.82) is 0 Å². The highest BCUT2D eigenvalue weighted by Crippen LogP contribution is 2.26. The van der Waals surface area contributed by atoms with Crippen LogP contribution in [0.1, 0.15) is 13.3 Å². The molecule has 0 fully saturated rings. The summed E-state index contributed by atoms with van der Waals surface area (Å²) in [6.07, 6.45) is -1.02. The molecule has 0 saturated carbocycles. The maximum Gasteiger partial charge on any atom is 0.307 e. The van der Waals surface area contributed by atoms with Gasteiger partial charge in [0, 0.05) is 4.47 Å². The molecule has 88 valence electrons. The van der Waals surface area contributed by atoms with Crippen LogP contribution in [0.15, 0.2) is 16.6 Å². The Balaban J connectivity index is 2.84. The molecule has 1 aromatic rings. The Bertz CT molecular complexity index is 409. The topological polar surface area (TPSA) is 46.5 Å². The lowest BCUT2D eigenvalue weighted by atomic mass is 10.2. The standard InChI is InChI=1S/C10H9BrF2O3/c1-5(2-9(14)15)16-8-4-6(11)3-7(12)10(8)13/h3-5H,2H2,1H3,(H,14,15)/t5-/m0/s1. The second-order valence-electron chi connectivity index (χ2n) is 3.23. The molecule has 0 amide bonds. The molecule has 0 heterocycles. The Morgan fingerprint density at radius 3 is 2.75 bits per heavy atom. The summed E-state index contributed by atoms with van der Waals surface area (Å²) in [5.41, 5.74) is 0. The number of aliphatic carboxylic acids is 1. The first-order valence-corrected chi connectivity index (χ1v) is 5.22. The van der Waals surface area contributed by atoms with Crippen molar-refractivity contribution in [3.05, 3.63) is 28.2 Å². The Hall–Kier alpha value is -1.17. The third-order valence-corrected chi connectivity index (χ3v) is 2.21. The van der Waals surface area contributed by atoms with E-state index < -0.39 is 23.7 Å². The van der Waals surface area contributed by atoms with Gasteiger partial charge in [0.2, 0.25) is 5.82 Å². The van der Waals surface area contributed by atoms with E-state index in [1.165, 1.54) is 13.0 Å². The van der Waals surface area contributed by atoms with E-state index in [0.29, 0.717) is 4.47 Å². The van der Waals surface area contributed by atoms with E-state index in [4.69, 9.17) is 9.84 Å². The molecule has 6 heteroatoms. The van der Waals surface area contributed by atoms with Gasteiger partial charge in [0.25, 0.3) is 0 Å². The minimum Gasteiger partial charge on any atom is -0.487 e. The van der Waals surface area contributed by atoms with Gasteiger partial charge >= 0.3 is 5.97 Å². The van der Waals surface area contributed by atoms with Gasteiger partial charge in [0.15, 0.2) is 11.6 Å². The molecule has 0 radical (unpaired) electrons. The van der Waals surface area contributed by atoms with Gasteiger partial charge in [-0.2, -0.15) is 4.39 Å². The highest BCUT2D eigenvalue weighted by Gasteiger charge is 2.15. The zero-order valence-corrected chi connectivity index (χ0v) is 9.92. The smallest absolute Gasteiger partial charge is 0.307 e. The van der Waals surface area contributed by atoms with E-state index >= 15 is 0 Å². The maximum absolute atomic E-state index is 13.2. The molecule has 0 saturated heterocycles. The Labute approximate surface area is 99.2 Å². The molecule has 0 aromatic heterocycles. The fourth-order valence-electron chi connectivity index (χ4n) is 1.12. The normalized spacial score (nSPS) is 12.2. The molecule has 0 unspecified atom stereocenters. The zero-order valence-electron chi connectivity index (χ0n) is 8.34. The number of benzene rings is 1. The summed E-state index contributed by atoms with van der Waals surface area (Å²) in [4.78, 5) is 10.4. The molecular formula is C10H9BrF2O3. The zero-order chi connectivity index (χ0) is 12.3.